The molecule has 2 aromatic carbocycles. The summed E-state index contributed by atoms with van der Waals surface area (Å²) in [5, 5.41) is 3.00. The molecule has 0 heterocycles. The summed E-state index contributed by atoms with van der Waals surface area (Å²) in [7, 11) is 0. The van der Waals surface area contributed by atoms with Crippen LogP contribution in [-0.2, 0) is 16.6 Å². The molecule has 3 nitrogen and oxygen atoms in total. The molecule has 1 aliphatic carbocycles. The summed E-state index contributed by atoms with van der Waals surface area (Å²) >= 11 is 0. The number of halogens is 2. The third-order valence-corrected chi connectivity index (χ3v) is 5.00. The summed E-state index contributed by atoms with van der Waals surface area (Å²) in [5.41, 5.74) is 8.10. The highest BCUT2D eigenvalue weighted by Crippen LogP contribution is 2.43. The monoisotopic (exact) mass is 362 g/mol. The van der Waals surface area contributed by atoms with Crippen LogP contribution in [-0.4, -0.2) is 18.5 Å². The Kier molecular flexibility index (Phi) is 6.57. The molecule has 1 saturated carbocycles. The first kappa shape index (κ1) is 19.4. The molecule has 3 rings (SSSR count). The molecule has 0 radical (unpaired) electrons. The van der Waals surface area contributed by atoms with Crippen molar-refractivity contribution in [2.45, 2.75) is 37.1 Å². The summed E-state index contributed by atoms with van der Waals surface area (Å²) in [4.78, 5) is 12.3. The Labute approximate surface area is 154 Å². The number of carbonyl (C=O) groups excluding carboxylic acids is 1. The van der Waals surface area contributed by atoms with Crippen LogP contribution in [0.3, 0.4) is 0 Å². The van der Waals surface area contributed by atoms with E-state index in [4.69, 9.17) is 5.73 Å². The van der Waals surface area contributed by atoms with Crippen LogP contribution >= 0.6 is 12.4 Å². The SMILES string of the molecule is Cl.N[C@@H](Cc1ccccc1)C(=O)NCC1(c2ccc(F)cc2)CCC1. The first-order valence-corrected chi connectivity index (χ1v) is 8.42. The van der Waals surface area contributed by atoms with Crippen LogP contribution in [0.5, 0.6) is 0 Å². The molecule has 3 N–H and O–H groups in total. The van der Waals surface area contributed by atoms with E-state index >= 15 is 0 Å². The maximum atomic E-state index is 13.1. The number of nitrogens with one attached hydrogen (secondary N) is 1. The van der Waals surface area contributed by atoms with Gasteiger partial charge in [0.1, 0.15) is 5.82 Å². The van der Waals surface area contributed by atoms with Crippen molar-refractivity contribution >= 4 is 18.3 Å². The Balaban J connectivity index is 0.00000225. The van der Waals surface area contributed by atoms with Gasteiger partial charge in [-0.15, -0.1) is 12.4 Å². The second kappa shape index (κ2) is 8.45. The zero-order valence-corrected chi connectivity index (χ0v) is 14.9. The van der Waals surface area contributed by atoms with E-state index in [2.05, 4.69) is 5.32 Å². The Morgan fingerprint density at radius 2 is 1.76 bits per heavy atom. The Bertz CT molecular complexity index is 687. The van der Waals surface area contributed by atoms with Crippen LogP contribution in [0.2, 0.25) is 0 Å². The number of hydrogen-bond donors (Lipinski definition) is 2. The van der Waals surface area contributed by atoms with Crippen molar-refractivity contribution in [2.24, 2.45) is 5.73 Å². The van der Waals surface area contributed by atoms with E-state index in [-0.39, 0.29) is 29.5 Å². The van der Waals surface area contributed by atoms with Gasteiger partial charge in [0.05, 0.1) is 6.04 Å². The highest BCUT2D eigenvalue weighted by atomic mass is 35.5. The van der Waals surface area contributed by atoms with Gasteiger partial charge in [0.15, 0.2) is 0 Å². The summed E-state index contributed by atoms with van der Waals surface area (Å²) in [6.07, 6.45) is 3.67. The van der Waals surface area contributed by atoms with Crippen molar-refractivity contribution in [3.8, 4) is 0 Å². The molecule has 1 amide bonds. The fraction of sp³-hybridized carbons (Fsp3) is 0.350. The average molecular weight is 363 g/mol. The third-order valence-electron chi connectivity index (χ3n) is 5.00. The number of hydrogen-bond acceptors (Lipinski definition) is 2. The molecule has 0 saturated heterocycles. The molecule has 1 aliphatic rings. The number of carbonyl (C=O) groups is 1. The molecule has 0 unspecified atom stereocenters. The van der Waals surface area contributed by atoms with E-state index in [9.17, 15) is 9.18 Å². The Morgan fingerprint density at radius 3 is 2.32 bits per heavy atom. The fourth-order valence-corrected chi connectivity index (χ4v) is 3.32. The third kappa shape index (κ3) is 4.59. The molecule has 134 valence electrons. The minimum Gasteiger partial charge on any atom is -0.354 e. The molecule has 2 aromatic rings. The van der Waals surface area contributed by atoms with Crippen molar-refractivity contribution in [1.82, 2.24) is 5.32 Å². The summed E-state index contributed by atoms with van der Waals surface area (Å²) in [5.74, 6) is -0.366. The topological polar surface area (TPSA) is 55.1 Å². The van der Waals surface area contributed by atoms with Crippen molar-refractivity contribution in [2.75, 3.05) is 6.54 Å². The van der Waals surface area contributed by atoms with Gasteiger partial charge in [0, 0.05) is 12.0 Å². The average Bonchev–Trinajstić information content (AvgIpc) is 2.56. The summed E-state index contributed by atoms with van der Waals surface area (Å²) < 4.78 is 13.1. The standard InChI is InChI=1S/C20H23FN2O.ClH/c21-17-9-7-16(8-10-17)20(11-4-12-20)14-23-19(24)18(22)13-15-5-2-1-3-6-15;/h1-3,5-10,18H,4,11-14,22H2,(H,23,24);1H/t18-;/m0./s1. The summed E-state index contributed by atoms with van der Waals surface area (Å²) in [6.45, 7) is 0.556. The van der Waals surface area contributed by atoms with Gasteiger partial charge in [-0.3, -0.25) is 4.79 Å². The van der Waals surface area contributed by atoms with Crippen LogP contribution < -0.4 is 11.1 Å². The van der Waals surface area contributed by atoms with Crippen molar-refractivity contribution in [1.29, 1.82) is 0 Å². The highest BCUT2D eigenvalue weighted by molar-refractivity contribution is 5.85. The van der Waals surface area contributed by atoms with Crippen LogP contribution in [0.15, 0.2) is 54.6 Å². The number of benzene rings is 2. The molecule has 25 heavy (non-hydrogen) atoms. The molecular weight excluding hydrogens is 339 g/mol. The van der Waals surface area contributed by atoms with Gasteiger partial charge in [-0.2, -0.15) is 0 Å². The normalized spacial score (nSPS) is 16.2. The lowest BCUT2D eigenvalue weighted by Gasteiger charge is -2.42. The van der Waals surface area contributed by atoms with E-state index in [0.29, 0.717) is 13.0 Å². The molecule has 1 atom stereocenters. The van der Waals surface area contributed by atoms with E-state index in [1.165, 1.54) is 12.1 Å². The summed E-state index contributed by atoms with van der Waals surface area (Å²) in [6, 6.07) is 15.8. The maximum Gasteiger partial charge on any atom is 0.237 e. The van der Waals surface area contributed by atoms with E-state index in [1.807, 2.05) is 42.5 Å². The van der Waals surface area contributed by atoms with Crippen LogP contribution in [0.25, 0.3) is 0 Å². The van der Waals surface area contributed by atoms with Crippen molar-refractivity contribution < 1.29 is 9.18 Å². The maximum absolute atomic E-state index is 13.1. The molecule has 0 aliphatic heterocycles. The largest absolute Gasteiger partial charge is 0.354 e. The van der Waals surface area contributed by atoms with Gasteiger partial charge in [-0.1, -0.05) is 48.9 Å². The highest BCUT2D eigenvalue weighted by Gasteiger charge is 2.39. The second-order valence-corrected chi connectivity index (χ2v) is 6.65. The lowest BCUT2D eigenvalue weighted by Crippen LogP contribution is -2.50. The molecule has 0 aromatic heterocycles. The number of rotatable bonds is 6. The van der Waals surface area contributed by atoms with E-state index in [0.717, 1.165) is 30.4 Å². The van der Waals surface area contributed by atoms with Crippen molar-refractivity contribution in [3.05, 3.63) is 71.5 Å². The molecule has 1 fully saturated rings. The van der Waals surface area contributed by atoms with Crippen molar-refractivity contribution in [3.63, 3.8) is 0 Å². The quantitative estimate of drug-likeness (QED) is 0.827. The molecule has 5 heteroatoms. The number of amides is 1. The van der Waals surface area contributed by atoms with E-state index in [1.54, 1.807) is 0 Å². The minimum absolute atomic E-state index is 0. The number of nitrogens with two attached hydrogens (primary N) is 1. The lowest BCUT2D eigenvalue weighted by molar-refractivity contribution is -0.122. The second-order valence-electron chi connectivity index (χ2n) is 6.65. The van der Waals surface area contributed by atoms with Gasteiger partial charge in [0.25, 0.3) is 0 Å². The zero-order valence-electron chi connectivity index (χ0n) is 14.1. The van der Waals surface area contributed by atoms with Gasteiger partial charge in [-0.05, 0) is 42.5 Å². The first-order valence-electron chi connectivity index (χ1n) is 8.42. The van der Waals surface area contributed by atoms with Gasteiger partial charge in [0.2, 0.25) is 5.91 Å². The predicted octanol–water partition coefficient (Wildman–Crippen LogP) is 3.36. The van der Waals surface area contributed by atoms with Gasteiger partial charge < -0.3 is 11.1 Å². The lowest BCUT2D eigenvalue weighted by atomic mass is 9.64. The van der Waals surface area contributed by atoms with Crippen LogP contribution in [0.4, 0.5) is 4.39 Å². The smallest absolute Gasteiger partial charge is 0.237 e. The van der Waals surface area contributed by atoms with Gasteiger partial charge >= 0.3 is 0 Å². The molecular formula is C20H24ClFN2O. The molecule has 0 spiro atoms. The van der Waals surface area contributed by atoms with Crippen LogP contribution in [0.1, 0.15) is 30.4 Å². The van der Waals surface area contributed by atoms with Crippen LogP contribution in [0, 0.1) is 5.82 Å². The molecule has 0 bridgehead atoms. The van der Waals surface area contributed by atoms with E-state index < -0.39 is 6.04 Å². The Hall–Kier alpha value is -1.91. The zero-order chi connectivity index (χ0) is 17.0. The van der Waals surface area contributed by atoms with Gasteiger partial charge in [-0.25, -0.2) is 4.39 Å². The Morgan fingerprint density at radius 1 is 1.12 bits per heavy atom. The fourth-order valence-electron chi connectivity index (χ4n) is 3.32. The first-order chi connectivity index (χ1) is 11.6. The minimum atomic E-state index is -0.558. The predicted molar refractivity (Wildman–Crippen MR) is 100 cm³/mol.